The van der Waals surface area contributed by atoms with E-state index in [1.54, 1.807) is 0 Å². The molecule has 0 saturated heterocycles. The summed E-state index contributed by atoms with van der Waals surface area (Å²) >= 11 is 0. The van der Waals surface area contributed by atoms with Crippen LogP contribution in [0, 0.1) is 23.7 Å². The molecule has 2 fully saturated rings. The molecule has 2 aliphatic rings. The van der Waals surface area contributed by atoms with E-state index in [0.29, 0.717) is 11.7 Å². The van der Waals surface area contributed by atoms with E-state index >= 15 is 0 Å². The number of carbonyl (C=O) groups is 1. The zero-order chi connectivity index (χ0) is 6.97. The Bertz CT molecular complexity index is 215. The van der Waals surface area contributed by atoms with Crippen LogP contribution >= 0.6 is 0 Å². The first-order valence-corrected chi connectivity index (χ1v) is 3.90. The third-order valence-corrected chi connectivity index (χ3v) is 2.11. The summed E-state index contributed by atoms with van der Waals surface area (Å²) in [6.45, 7) is 0. The maximum Gasteiger partial charge on any atom is 0.147 e. The summed E-state index contributed by atoms with van der Waals surface area (Å²) in [6, 6.07) is 0. The van der Waals surface area contributed by atoms with E-state index in [2.05, 4.69) is 11.8 Å². The maximum atomic E-state index is 10.8. The highest BCUT2D eigenvalue weighted by atomic mass is 16.1. The Balaban J connectivity index is 1.89. The quantitative estimate of drug-likeness (QED) is 0.457. The van der Waals surface area contributed by atoms with Crippen molar-refractivity contribution in [3.05, 3.63) is 0 Å². The molecule has 0 aromatic rings. The van der Waals surface area contributed by atoms with Crippen molar-refractivity contribution in [3.8, 4) is 11.8 Å². The van der Waals surface area contributed by atoms with Crippen molar-refractivity contribution < 1.29 is 4.79 Å². The number of rotatable bonds is 0. The molecule has 0 N–H and O–H groups in total. The standard InChI is InChI=1S/C9H10O/c10-9-6-5-8(9)4-3-7-1-2-7/h7-8H,1-2,5-6H2. The molecule has 1 unspecified atom stereocenters. The third kappa shape index (κ3) is 1.07. The summed E-state index contributed by atoms with van der Waals surface area (Å²) in [6.07, 6.45) is 4.30. The van der Waals surface area contributed by atoms with Crippen molar-refractivity contribution in [1.82, 2.24) is 0 Å². The highest BCUT2D eigenvalue weighted by Gasteiger charge is 2.26. The van der Waals surface area contributed by atoms with Gasteiger partial charge in [0.15, 0.2) is 0 Å². The number of ketones is 1. The van der Waals surface area contributed by atoms with E-state index in [4.69, 9.17) is 0 Å². The van der Waals surface area contributed by atoms with Crippen molar-refractivity contribution in [1.29, 1.82) is 0 Å². The molecule has 2 aliphatic carbocycles. The van der Waals surface area contributed by atoms with E-state index in [9.17, 15) is 4.79 Å². The van der Waals surface area contributed by atoms with Gasteiger partial charge in [-0.15, -0.1) is 0 Å². The van der Waals surface area contributed by atoms with E-state index in [1.807, 2.05) is 0 Å². The normalized spacial score (nSPS) is 30.4. The second-order valence-corrected chi connectivity index (χ2v) is 3.12. The van der Waals surface area contributed by atoms with Crippen LogP contribution in [0.15, 0.2) is 0 Å². The molecule has 0 heterocycles. The van der Waals surface area contributed by atoms with Crippen molar-refractivity contribution >= 4 is 5.78 Å². The van der Waals surface area contributed by atoms with Crippen molar-refractivity contribution in [2.45, 2.75) is 25.7 Å². The van der Waals surface area contributed by atoms with E-state index in [-0.39, 0.29) is 5.92 Å². The Kier molecular flexibility index (Phi) is 1.27. The van der Waals surface area contributed by atoms with E-state index in [1.165, 1.54) is 12.8 Å². The Morgan fingerprint density at radius 1 is 1.20 bits per heavy atom. The summed E-state index contributed by atoms with van der Waals surface area (Å²) in [4.78, 5) is 10.8. The Morgan fingerprint density at radius 3 is 2.40 bits per heavy atom. The number of Topliss-reactive ketones (excluding diaryl/α,β-unsaturated/α-hetero) is 1. The smallest absolute Gasteiger partial charge is 0.147 e. The number of hydrogen-bond acceptors (Lipinski definition) is 1. The lowest BCUT2D eigenvalue weighted by Crippen LogP contribution is -2.23. The molecule has 0 radical (unpaired) electrons. The zero-order valence-electron chi connectivity index (χ0n) is 5.89. The average molecular weight is 134 g/mol. The lowest BCUT2D eigenvalue weighted by atomic mass is 9.84. The van der Waals surface area contributed by atoms with Gasteiger partial charge in [0.25, 0.3) is 0 Å². The van der Waals surface area contributed by atoms with E-state index < -0.39 is 0 Å². The predicted molar refractivity (Wildman–Crippen MR) is 38.2 cm³/mol. The maximum absolute atomic E-state index is 10.8. The Labute approximate surface area is 60.8 Å². The summed E-state index contributed by atoms with van der Waals surface area (Å²) < 4.78 is 0. The lowest BCUT2D eigenvalue weighted by molar-refractivity contribution is -0.126. The molecule has 52 valence electrons. The van der Waals surface area contributed by atoms with Gasteiger partial charge in [-0.05, 0) is 19.3 Å². The van der Waals surface area contributed by atoms with Crippen LogP contribution in [0.5, 0.6) is 0 Å². The largest absolute Gasteiger partial charge is 0.298 e. The predicted octanol–water partition coefficient (Wildman–Crippen LogP) is 1.38. The van der Waals surface area contributed by atoms with Crippen LogP contribution in [-0.4, -0.2) is 5.78 Å². The molecule has 1 atom stereocenters. The SMILES string of the molecule is O=C1CCC1C#CC1CC1. The fraction of sp³-hybridized carbons (Fsp3) is 0.667. The van der Waals surface area contributed by atoms with Gasteiger partial charge in [0.05, 0.1) is 5.92 Å². The topological polar surface area (TPSA) is 17.1 Å². The first-order chi connectivity index (χ1) is 4.86. The molecule has 2 saturated carbocycles. The highest BCUT2D eigenvalue weighted by molar-refractivity contribution is 5.89. The van der Waals surface area contributed by atoms with Gasteiger partial charge in [-0.2, -0.15) is 0 Å². The van der Waals surface area contributed by atoms with E-state index in [0.717, 1.165) is 12.8 Å². The first kappa shape index (κ1) is 5.97. The summed E-state index contributed by atoms with van der Waals surface area (Å²) in [7, 11) is 0. The molecule has 1 heteroatoms. The second-order valence-electron chi connectivity index (χ2n) is 3.12. The molecule has 0 spiro atoms. The first-order valence-electron chi connectivity index (χ1n) is 3.90. The second kappa shape index (κ2) is 2.12. The van der Waals surface area contributed by atoms with Gasteiger partial charge in [-0.1, -0.05) is 11.8 Å². The Morgan fingerprint density at radius 2 is 2.00 bits per heavy atom. The van der Waals surface area contributed by atoms with Crippen molar-refractivity contribution in [3.63, 3.8) is 0 Å². The van der Waals surface area contributed by atoms with Crippen molar-refractivity contribution in [2.75, 3.05) is 0 Å². The van der Waals surface area contributed by atoms with Crippen LogP contribution in [0.2, 0.25) is 0 Å². The zero-order valence-corrected chi connectivity index (χ0v) is 5.89. The molecule has 10 heavy (non-hydrogen) atoms. The van der Waals surface area contributed by atoms with Gasteiger partial charge >= 0.3 is 0 Å². The fourth-order valence-corrected chi connectivity index (χ4v) is 1.01. The third-order valence-electron chi connectivity index (χ3n) is 2.11. The summed E-state index contributed by atoms with van der Waals surface area (Å²) in [5, 5.41) is 0. The van der Waals surface area contributed by atoms with Crippen LogP contribution in [0.4, 0.5) is 0 Å². The van der Waals surface area contributed by atoms with Crippen LogP contribution in [0.1, 0.15) is 25.7 Å². The Hall–Kier alpha value is -0.770. The average Bonchev–Trinajstić information content (AvgIpc) is 2.69. The fourth-order valence-electron chi connectivity index (χ4n) is 1.01. The molecule has 0 aromatic carbocycles. The lowest BCUT2D eigenvalue weighted by Gasteiger charge is -2.17. The minimum atomic E-state index is 0.126. The van der Waals surface area contributed by atoms with Crippen LogP contribution in [0.25, 0.3) is 0 Å². The minimum absolute atomic E-state index is 0.126. The van der Waals surface area contributed by atoms with Crippen LogP contribution in [-0.2, 0) is 4.79 Å². The van der Waals surface area contributed by atoms with Crippen LogP contribution < -0.4 is 0 Å². The number of hydrogen-bond donors (Lipinski definition) is 0. The molecule has 2 rings (SSSR count). The molecule has 0 aromatic heterocycles. The monoisotopic (exact) mass is 134 g/mol. The van der Waals surface area contributed by atoms with Gasteiger partial charge in [0.2, 0.25) is 0 Å². The van der Waals surface area contributed by atoms with Gasteiger partial charge in [0.1, 0.15) is 5.78 Å². The molecule has 0 bridgehead atoms. The van der Waals surface area contributed by atoms with Gasteiger partial charge < -0.3 is 0 Å². The van der Waals surface area contributed by atoms with Crippen LogP contribution in [0.3, 0.4) is 0 Å². The molecule has 1 nitrogen and oxygen atoms in total. The minimum Gasteiger partial charge on any atom is -0.298 e. The van der Waals surface area contributed by atoms with Gasteiger partial charge in [-0.3, -0.25) is 4.79 Å². The summed E-state index contributed by atoms with van der Waals surface area (Å²) in [5.74, 6) is 7.28. The highest BCUT2D eigenvalue weighted by Crippen LogP contribution is 2.28. The molecular weight excluding hydrogens is 124 g/mol. The van der Waals surface area contributed by atoms with Gasteiger partial charge in [-0.25, -0.2) is 0 Å². The molecule has 0 amide bonds. The van der Waals surface area contributed by atoms with Crippen molar-refractivity contribution in [2.24, 2.45) is 11.8 Å². The number of carbonyl (C=O) groups excluding carboxylic acids is 1. The molecule has 0 aliphatic heterocycles. The molecular formula is C9H10O. The summed E-state index contributed by atoms with van der Waals surface area (Å²) in [5.41, 5.74) is 0. The van der Waals surface area contributed by atoms with Gasteiger partial charge in [0, 0.05) is 12.3 Å².